The molecule has 0 aliphatic carbocycles. The van der Waals surface area contributed by atoms with Crippen molar-refractivity contribution < 1.29 is 31.5 Å². The third-order valence-corrected chi connectivity index (χ3v) is 5.46. The number of benzene rings is 2. The van der Waals surface area contributed by atoms with E-state index in [0.717, 1.165) is 29.3 Å². The number of esters is 1. The van der Waals surface area contributed by atoms with E-state index in [1.807, 2.05) is 6.92 Å². The van der Waals surface area contributed by atoms with Crippen molar-refractivity contribution in [2.24, 2.45) is 0 Å². The lowest BCUT2D eigenvalue weighted by atomic mass is 10.1. The summed E-state index contributed by atoms with van der Waals surface area (Å²) in [6.45, 7) is 4.09. The third kappa shape index (κ3) is 6.06. The summed E-state index contributed by atoms with van der Waals surface area (Å²) in [5.74, 6) is -3.54. The van der Waals surface area contributed by atoms with Gasteiger partial charge in [0.05, 0.1) is 10.6 Å². The molecule has 2 aromatic rings. The van der Waals surface area contributed by atoms with E-state index in [-0.39, 0.29) is 4.90 Å². The van der Waals surface area contributed by atoms with Gasteiger partial charge in [0, 0.05) is 6.07 Å². The van der Waals surface area contributed by atoms with Crippen LogP contribution in [-0.4, -0.2) is 32.9 Å². The summed E-state index contributed by atoms with van der Waals surface area (Å²) in [7, 11) is -3.95. The molecule has 0 fully saturated rings. The van der Waals surface area contributed by atoms with Crippen LogP contribution in [0.2, 0.25) is 0 Å². The van der Waals surface area contributed by atoms with Gasteiger partial charge in [-0.2, -0.15) is 4.72 Å². The van der Waals surface area contributed by atoms with E-state index in [2.05, 4.69) is 10.0 Å². The van der Waals surface area contributed by atoms with Gasteiger partial charge in [-0.25, -0.2) is 17.2 Å². The fourth-order valence-electron chi connectivity index (χ4n) is 2.24. The van der Waals surface area contributed by atoms with Crippen LogP contribution in [0.5, 0.6) is 0 Å². The molecule has 10 heteroatoms. The molecule has 0 saturated heterocycles. The van der Waals surface area contributed by atoms with Crippen LogP contribution in [0, 0.1) is 25.5 Å². The molecule has 1 atom stereocenters. The van der Waals surface area contributed by atoms with Gasteiger partial charge in [-0.3, -0.25) is 9.59 Å². The number of carbonyl (C=O) groups is 2. The summed E-state index contributed by atoms with van der Waals surface area (Å²) < 4.78 is 58.1. The van der Waals surface area contributed by atoms with E-state index < -0.39 is 51.9 Å². The first-order chi connectivity index (χ1) is 13.5. The van der Waals surface area contributed by atoms with Crippen molar-refractivity contribution in [1.82, 2.24) is 4.72 Å². The number of ether oxygens (including phenoxy) is 1. The Morgan fingerprint density at radius 1 is 1.07 bits per heavy atom. The summed E-state index contributed by atoms with van der Waals surface area (Å²) in [5, 5.41) is 2.10. The maximum atomic E-state index is 13.6. The number of carbonyl (C=O) groups excluding carboxylic acids is 2. The number of sulfonamides is 1. The second-order valence-corrected chi connectivity index (χ2v) is 8.08. The van der Waals surface area contributed by atoms with Gasteiger partial charge in [0.1, 0.15) is 18.2 Å². The summed E-state index contributed by atoms with van der Waals surface area (Å²) in [6, 6.07) is 7.01. The Kier molecular flexibility index (Phi) is 7.04. The molecule has 7 nitrogen and oxygen atoms in total. The van der Waals surface area contributed by atoms with E-state index in [1.54, 1.807) is 13.0 Å². The van der Waals surface area contributed by atoms with Crippen molar-refractivity contribution in [3.05, 3.63) is 59.2 Å². The zero-order valence-electron chi connectivity index (χ0n) is 16.0. The fraction of sp³-hybridized carbons (Fsp3) is 0.263. The van der Waals surface area contributed by atoms with Gasteiger partial charge < -0.3 is 10.1 Å². The number of halogens is 2. The lowest BCUT2D eigenvalue weighted by Crippen LogP contribution is -2.36. The Hall–Kier alpha value is -2.85. The lowest BCUT2D eigenvalue weighted by Gasteiger charge is -2.14. The summed E-state index contributed by atoms with van der Waals surface area (Å²) in [5.41, 5.74) is 1.27. The molecule has 29 heavy (non-hydrogen) atoms. The van der Waals surface area contributed by atoms with Gasteiger partial charge in [0.15, 0.2) is 6.10 Å². The molecule has 0 radical (unpaired) electrons. The molecular formula is C19H20F2N2O5S. The predicted octanol–water partition coefficient (Wildman–Crippen LogP) is 2.43. The molecule has 2 aromatic carbocycles. The molecule has 0 saturated carbocycles. The SMILES string of the molecule is Cc1ccc(S(=O)(=O)NCC(=O)OC(C)C(=O)Nc2cc(F)ccc2F)cc1C. The summed E-state index contributed by atoms with van der Waals surface area (Å²) in [6.07, 6.45) is -1.36. The van der Waals surface area contributed by atoms with Crippen LogP contribution >= 0.6 is 0 Å². The number of nitrogens with one attached hydrogen (secondary N) is 2. The minimum Gasteiger partial charge on any atom is -0.452 e. The van der Waals surface area contributed by atoms with Gasteiger partial charge in [0.2, 0.25) is 10.0 Å². The average Bonchev–Trinajstić information content (AvgIpc) is 2.65. The van der Waals surface area contributed by atoms with E-state index in [0.29, 0.717) is 0 Å². The maximum Gasteiger partial charge on any atom is 0.321 e. The summed E-state index contributed by atoms with van der Waals surface area (Å²) in [4.78, 5) is 23.8. The number of hydrogen-bond acceptors (Lipinski definition) is 5. The molecule has 156 valence electrons. The zero-order chi connectivity index (χ0) is 21.8. The van der Waals surface area contributed by atoms with Crippen LogP contribution in [0.15, 0.2) is 41.3 Å². The Balaban J connectivity index is 1.93. The van der Waals surface area contributed by atoms with Gasteiger partial charge in [-0.1, -0.05) is 6.07 Å². The van der Waals surface area contributed by atoms with E-state index in [9.17, 15) is 26.8 Å². The third-order valence-electron chi connectivity index (χ3n) is 4.06. The smallest absolute Gasteiger partial charge is 0.321 e. The van der Waals surface area contributed by atoms with Crippen molar-refractivity contribution in [3.63, 3.8) is 0 Å². The number of anilines is 1. The van der Waals surface area contributed by atoms with Gasteiger partial charge in [-0.15, -0.1) is 0 Å². The number of amides is 1. The molecule has 0 heterocycles. The lowest BCUT2D eigenvalue weighted by molar-refractivity contribution is -0.151. The van der Waals surface area contributed by atoms with Crippen LogP contribution in [0.1, 0.15) is 18.1 Å². The highest BCUT2D eigenvalue weighted by Gasteiger charge is 2.21. The molecule has 2 rings (SSSR count). The van der Waals surface area contributed by atoms with Crippen molar-refractivity contribution in [2.75, 3.05) is 11.9 Å². The Morgan fingerprint density at radius 2 is 1.76 bits per heavy atom. The highest BCUT2D eigenvalue weighted by Crippen LogP contribution is 2.16. The molecule has 1 amide bonds. The van der Waals surface area contributed by atoms with Crippen LogP contribution in [0.25, 0.3) is 0 Å². The second kappa shape index (κ2) is 9.10. The minimum absolute atomic E-state index is 0.0132. The molecule has 2 N–H and O–H groups in total. The average molecular weight is 426 g/mol. The normalized spacial score (nSPS) is 12.3. The Morgan fingerprint density at radius 3 is 2.41 bits per heavy atom. The van der Waals surface area contributed by atoms with E-state index >= 15 is 0 Å². The molecule has 0 aliphatic heterocycles. The highest BCUT2D eigenvalue weighted by atomic mass is 32.2. The molecule has 0 bridgehead atoms. The first kappa shape index (κ1) is 22.4. The van der Waals surface area contributed by atoms with E-state index in [1.165, 1.54) is 19.1 Å². The van der Waals surface area contributed by atoms with Gasteiger partial charge >= 0.3 is 5.97 Å². The first-order valence-corrected chi connectivity index (χ1v) is 10.00. The first-order valence-electron chi connectivity index (χ1n) is 8.52. The van der Waals surface area contributed by atoms with Crippen molar-refractivity contribution in [1.29, 1.82) is 0 Å². The quantitative estimate of drug-likeness (QED) is 0.662. The van der Waals surface area contributed by atoms with Gasteiger partial charge in [-0.05, 0) is 56.2 Å². The van der Waals surface area contributed by atoms with Crippen LogP contribution in [0.3, 0.4) is 0 Å². The highest BCUT2D eigenvalue weighted by molar-refractivity contribution is 7.89. The van der Waals surface area contributed by atoms with Crippen LogP contribution in [-0.2, 0) is 24.3 Å². The molecule has 1 unspecified atom stereocenters. The standard InChI is InChI=1S/C19H20F2N2O5S/c1-11-4-6-15(8-12(11)2)29(26,27)22-10-18(24)28-13(3)19(25)23-17-9-14(20)5-7-16(17)21/h4-9,13,22H,10H2,1-3H3,(H,23,25). The molecular weight excluding hydrogens is 406 g/mol. The number of rotatable bonds is 7. The molecule has 0 aliphatic rings. The topological polar surface area (TPSA) is 102 Å². The minimum atomic E-state index is -3.95. The van der Waals surface area contributed by atoms with Crippen LogP contribution < -0.4 is 10.0 Å². The van der Waals surface area contributed by atoms with Crippen molar-refractivity contribution in [2.45, 2.75) is 31.8 Å². The fourth-order valence-corrected chi connectivity index (χ4v) is 3.29. The zero-order valence-corrected chi connectivity index (χ0v) is 16.8. The Bertz CT molecular complexity index is 1040. The van der Waals surface area contributed by atoms with Crippen molar-refractivity contribution in [3.8, 4) is 0 Å². The van der Waals surface area contributed by atoms with Gasteiger partial charge in [0.25, 0.3) is 5.91 Å². The monoisotopic (exact) mass is 426 g/mol. The maximum absolute atomic E-state index is 13.6. The largest absolute Gasteiger partial charge is 0.452 e. The number of aryl methyl sites for hydroxylation is 2. The van der Waals surface area contributed by atoms with E-state index in [4.69, 9.17) is 4.74 Å². The molecule has 0 spiro atoms. The van der Waals surface area contributed by atoms with Crippen molar-refractivity contribution >= 4 is 27.6 Å². The second-order valence-electron chi connectivity index (χ2n) is 6.32. The Labute approximate surface area is 167 Å². The summed E-state index contributed by atoms with van der Waals surface area (Å²) >= 11 is 0. The number of hydrogen-bond donors (Lipinski definition) is 2. The van der Waals surface area contributed by atoms with Crippen LogP contribution in [0.4, 0.5) is 14.5 Å². The predicted molar refractivity (Wildman–Crippen MR) is 102 cm³/mol. The molecule has 0 aromatic heterocycles.